The molecule has 7 aliphatic heterocycles. The lowest BCUT2D eigenvalue weighted by atomic mass is 9.74. The second-order valence-electron chi connectivity index (χ2n) is 20.3. The molecule has 6 bridgehead atoms. The molecule has 4 saturated carbocycles. The van der Waals surface area contributed by atoms with Crippen molar-refractivity contribution in [3.05, 3.63) is 60.8 Å². The zero-order valence-corrected chi connectivity index (χ0v) is 41.7. The normalized spacial score (nSPS) is 36.4. The fraction of sp³-hybridized carbons (Fsp3) is 0.596. The summed E-state index contributed by atoms with van der Waals surface area (Å²) in [7, 11) is 0. The predicted octanol–water partition coefficient (Wildman–Crippen LogP) is 3.03. The molecule has 17 atom stereocenters. The first kappa shape index (κ1) is 54.6. The molecule has 398 valence electrons. The second-order valence-corrected chi connectivity index (χ2v) is 20.3. The number of rotatable bonds is 10. The van der Waals surface area contributed by atoms with Gasteiger partial charge >= 0.3 is 59.7 Å². The summed E-state index contributed by atoms with van der Waals surface area (Å²) in [6.45, 7) is 25.8. The van der Waals surface area contributed by atoms with Gasteiger partial charge in [-0.3, -0.25) is 19.2 Å². The molecule has 0 amide bonds. The van der Waals surface area contributed by atoms with E-state index in [1.807, 2.05) is 0 Å². The summed E-state index contributed by atoms with van der Waals surface area (Å²) in [4.78, 5) is 112. The summed E-state index contributed by atoms with van der Waals surface area (Å²) in [6.07, 6.45) is 0.370. The number of nitrogens with zero attached hydrogens (tertiary/aromatic N) is 1. The SMILES string of the molecule is C=C(C)C(=O)OC1C2CC3C(=O)OC1C3C2.C=C(C)C(=O)OC1C2CC3C(=O)OC1C3O2.C=C(C)C(=O)OC1C2CC3C1OC(=O)C3(C#N)C2.C=C(C)C(=O)OC1CCOC1=O.C=C(C)C(=O)OC1COC(=O)C1. The molecule has 0 N–H and O–H groups in total. The summed E-state index contributed by atoms with van der Waals surface area (Å²) in [5.41, 5.74) is 0.687. The molecule has 17 unspecified atom stereocenters. The van der Waals surface area contributed by atoms with Crippen LogP contribution in [0, 0.1) is 52.3 Å². The molecule has 7 saturated heterocycles. The van der Waals surface area contributed by atoms with Gasteiger partial charge in [0.25, 0.3) is 0 Å². The number of hydrogen-bond donors (Lipinski definition) is 0. The maximum Gasteiger partial charge on any atom is 0.347 e. The molecule has 11 aliphatic rings. The predicted molar refractivity (Wildman–Crippen MR) is 245 cm³/mol. The van der Waals surface area contributed by atoms with E-state index >= 15 is 0 Å². The highest BCUT2D eigenvalue weighted by Gasteiger charge is 2.72. The lowest BCUT2D eigenvalue weighted by molar-refractivity contribution is -0.158. The Hall–Kier alpha value is -7.15. The van der Waals surface area contributed by atoms with Gasteiger partial charge in [0, 0.05) is 58.0 Å². The van der Waals surface area contributed by atoms with Crippen LogP contribution in [0.15, 0.2) is 60.8 Å². The van der Waals surface area contributed by atoms with Crippen molar-refractivity contribution < 1.29 is 100 Å². The topological polar surface area (TPSA) is 296 Å². The Balaban J connectivity index is 0.000000136. The van der Waals surface area contributed by atoms with E-state index in [4.69, 9.17) is 42.6 Å². The second kappa shape index (κ2) is 21.7. The molecule has 22 heteroatoms. The molecule has 0 aromatic carbocycles. The van der Waals surface area contributed by atoms with Gasteiger partial charge in [-0.2, -0.15) is 5.26 Å². The van der Waals surface area contributed by atoms with E-state index in [0.29, 0.717) is 54.1 Å². The highest BCUT2D eigenvalue weighted by atomic mass is 16.7. The number of carbonyl (C=O) groups is 10. The largest absolute Gasteiger partial charge is 0.463 e. The minimum atomic E-state index is -0.985. The minimum absolute atomic E-state index is 0.0504. The third-order valence-electron chi connectivity index (χ3n) is 14.7. The number of nitriles is 1. The van der Waals surface area contributed by atoms with Gasteiger partial charge < -0.3 is 52.1 Å². The van der Waals surface area contributed by atoms with Crippen LogP contribution in [-0.4, -0.2) is 134 Å². The number of hydrogen-bond acceptors (Lipinski definition) is 22. The molecule has 0 aromatic heterocycles. The highest BCUT2D eigenvalue weighted by molar-refractivity contribution is 5.91. The molecule has 22 nitrogen and oxygen atoms in total. The van der Waals surface area contributed by atoms with E-state index in [0.717, 1.165) is 19.3 Å². The maximum atomic E-state index is 11.8. The van der Waals surface area contributed by atoms with Gasteiger partial charge in [0.2, 0.25) is 6.10 Å². The summed E-state index contributed by atoms with van der Waals surface area (Å²) >= 11 is 0. The van der Waals surface area contributed by atoms with E-state index in [-0.39, 0.29) is 96.5 Å². The van der Waals surface area contributed by atoms with Gasteiger partial charge in [0.1, 0.15) is 43.2 Å². The van der Waals surface area contributed by atoms with Gasteiger partial charge in [-0.25, -0.2) is 28.8 Å². The Morgan fingerprint density at radius 1 is 0.581 bits per heavy atom. The van der Waals surface area contributed by atoms with E-state index < -0.39 is 77.9 Å². The number of ether oxygens (including phenoxy) is 11. The van der Waals surface area contributed by atoms with Gasteiger partial charge in [0.15, 0.2) is 17.6 Å². The van der Waals surface area contributed by atoms with Crippen LogP contribution in [0.1, 0.15) is 79.6 Å². The maximum absolute atomic E-state index is 11.8. The first-order valence-corrected chi connectivity index (χ1v) is 24.2. The van der Waals surface area contributed by atoms with Crippen LogP contribution in [0.4, 0.5) is 0 Å². The summed E-state index contributed by atoms with van der Waals surface area (Å²) in [6, 6.07) is 2.11. The monoisotopic (exact) mass is 1030 g/mol. The molecule has 11 rings (SSSR count). The highest BCUT2D eigenvalue weighted by Crippen LogP contribution is 2.62. The zero-order valence-electron chi connectivity index (χ0n) is 41.7. The van der Waals surface area contributed by atoms with Crippen LogP contribution < -0.4 is 0 Å². The summed E-state index contributed by atoms with van der Waals surface area (Å²) in [5, 5.41) is 9.22. The van der Waals surface area contributed by atoms with Crippen LogP contribution in [0.3, 0.4) is 0 Å². The quantitative estimate of drug-likeness (QED) is 0.172. The third-order valence-corrected chi connectivity index (χ3v) is 14.7. The lowest BCUT2D eigenvalue weighted by Crippen LogP contribution is -2.40. The number of esters is 10. The Morgan fingerprint density at radius 2 is 1.12 bits per heavy atom. The van der Waals surface area contributed by atoms with Crippen molar-refractivity contribution in [2.75, 3.05) is 13.2 Å². The lowest BCUT2D eigenvalue weighted by Gasteiger charge is -2.27. The molecule has 7 heterocycles. The third kappa shape index (κ3) is 10.9. The molecular weight excluding hydrogens is 975 g/mol. The Bertz CT molecular complexity index is 2450. The van der Waals surface area contributed by atoms with Gasteiger partial charge in [-0.15, -0.1) is 0 Å². The van der Waals surface area contributed by atoms with Crippen molar-refractivity contribution in [2.24, 2.45) is 40.9 Å². The fourth-order valence-electron chi connectivity index (χ4n) is 11.0. The molecule has 0 spiro atoms. The van der Waals surface area contributed by atoms with Gasteiger partial charge in [-0.05, 0) is 66.7 Å². The van der Waals surface area contributed by atoms with E-state index in [2.05, 4.69) is 48.4 Å². The van der Waals surface area contributed by atoms with E-state index in [1.165, 1.54) is 6.92 Å². The van der Waals surface area contributed by atoms with Crippen molar-refractivity contribution >= 4 is 59.7 Å². The standard InChI is InChI=1S/C13H13NO4.C12H14O4.C11H12O5.2C8H10O4/c1-6(2)11(15)17-9-7-3-8-10(9)18-12(16)13(8,4-7)5-14;1-5(2)11(13)15-9-6-3-7-8(4-6)12(14)16-10(7)9;1-4(2)10(12)15-8-6-3-5-7(14-6)9(8)16-11(5)13;1-5(2)8(10)12-6-3-7(9)11-4-6;1-5(2)7(9)12-6-3-4-11-8(6)10/h7-10H,1,3-4H2,2H3;6-10H,1,3-4H2,2H3;5-9H,1,3H2,2H3;2*6H,1,3-4H2,2H3. The summed E-state index contributed by atoms with van der Waals surface area (Å²) < 4.78 is 56.1. The molecule has 0 aromatic rings. The van der Waals surface area contributed by atoms with Crippen LogP contribution in [0.5, 0.6) is 0 Å². The van der Waals surface area contributed by atoms with Crippen molar-refractivity contribution in [1.82, 2.24) is 0 Å². The first-order chi connectivity index (χ1) is 34.8. The molecular formula is C52H59NO21. The van der Waals surface area contributed by atoms with Gasteiger partial charge in [0.05, 0.1) is 37.0 Å². The van der Waals surface area contributed by atoms with Crippen LogP contribution in [0.25, 0.3) is 0 Å². The Morgan fingerprint density at radius 3 is 1.66 bits per heavy atom. The first-order valence-electron chi connectivity index (χ1n) is 24.2. The Labute approximate surface area is 425 Å². The fourth-order valence-corrected chi connectivity index (χ4v) is 11.0. The Kier molecular flexibility index (Phi) is 16.1. The van der Waals surface area contributed by atoms with Crippen LogP contribution in [-0.2, 0) is 100 Å². The minimum Gasteiger partial charge on any atom is -0.463 e. The van der Waals surface area contributed by atoms with E-state index in [9.17, 15) is 53.2 Å². The molecule has 0 radical (unpaired) electrons. The number of cyclic esters (lactones) is 2. The van der Waals surface area contributed by atoms with Crippen molar-refractivity contribution in [1.29, 1.82) is 5.26 Å². The summed E-state index contributed by atoms with van der Waals surface area (Å²) in [5.74, 6) is -3.47. The van der Waals surface area contributed by atoms with Crippen molar-refractivity contribution in [3.63, 3.8) is 0 Å². The van der Waals surface area contributed by atoms with Crippen molar-refractivity contribution in [2.45, 2.75) is 141 Å². The molecule has 4 aliphatic carbocycles. The smallest absolute Gasteiger partial charge is 0.347 e. The van der Waals surface area contributed by atoms with Crippen LogP contribution in [0.2, 0.25) is 0 Å². The average molecular weight is 1030 g/mol. The number of fused-ring (bicyclic) bond motifs is 3. The number of carbonyl (C=O) groups excluding carboxylic acids is 10. The average Bonchev–Trinajstić information content (AvgIpc) is 4.22. The van der Waals surface area contributed by atoms with Gasteiger partial charge in [-0.1, -0.05) is 32.9 Å². The van der Waals surface area contributed by atoms with E-state index in [1.54, 1.807) is 27.7 Å². The molecule has 74 heavy (non-hydrogen) atoms. The van der Waals surface area contributed by atoms with Crippen molar-refractivity contribution in [3.8, 4) is 6.07 Å². The molecule has 11 fully saturated rings. The zero-order chi connectivity index (χ0) is 54.2. The van der Waals surface area contributed by atoms with Crippen LogP contribution >= 0.6 is 0 Å².